The van der Waals surface area contributed by atoms with Gasteiger partial charge in [0.2, 0.25) is 5.91 Å². The Hall–Kier alpha value is -0.530. The second-order valence-corrected chi connectivity index (χ2v) is 4.23. The molecule has 0 radical (unpaired) electrons. The van der Waals surface area contributed by atoms with Crippen LogP contribution in [0, 0.1) is 11.8 Å². The molecule has 1 amide bonds. The number of hydrogen-bond donors (Lipinski definition) is 0. The molecule has 0 aliphatic carbocycles. The Labute approximate surface area is 74.9 Å². The first-order valence-corrected chi connectivity index (χ1v) is 4.86. The number of carbonyl (C=O) groups excluding carboxylic acids is 1. The lowest BCUT2D eigenvalue weighted by Crippen LogP contribution is -2.38. The smallest absolute Gasteiger partial charge is 0.225 e. The number of rotatable bonds is 2. The quantitative estimate of drug-likeness (QED) is 0.618. The first kappa shape index (κ1) is 9.56. The zero-order valence-corrected chi connectivity index (χ0v) is 8.34. The molecule has 0 aromatic carbocycles. The number of hydrogen-bond acceptors (Lipinski definition) is 1. The molecule has 1 fully saturated rings. The number of nitrogens with zero attached hydrogens (tertiary/aromatic N) is 1. The fourth-order valence-electron chi connectivity index (χ4n) is 1.91. The summed E-state index contributed by atoms with van der Waals surface area (Å²) in [5.41, 5.74) is 0. The summed E-state index contributed by atoms with van der Waals surface area (Å²) in [7, 11) is 1.91. The van der Waals surface area contributed by atoms with E-state index < -0.39 is 0 Å². The Morgan fingerprint density at radius 3 is 2.83 bits per heavy atom. The summed E-state index contributed by atoms with van der Waals surface area (Å²) in [6, 6.07) is 0. The highest BCUT2D eigenvalue weighted by molar-refractivity contribution is 5.79. The van der Waals surface area contributed by atoms with Gasteiger partial charge in [-0.2, -0.15) is 0 Å². The molecular formula is C10H19NO. The molecule has 0 aromatic heterocycles. The molecule has 0 N–H and O–H groups in total. The highest BCUT2D eigenvalue weighted by Crippen LogP contribution is 2.23. The predicted molar refractivity (Wildman–Crippen MR) is 49.8 cm³/mol. The molecule has 2 heteroatoms. The van der Waals surface area contributed by atoms with E-state index in [2.05, 4.69) is 13.8 Å². The zero-order valence-electron chi connectivity index (χ0n) is 8.34. The molecule has 1 saturated heterocycles. The van der Waals surface area contributed by atoms with Crippen molar-refractivity contribution in [2.45, 2.75) is 33.1 Å². The number of amides is 1. The maximum Gasteiger partial charge on any atom is 0.225 e. The van der Waals surface area contributed by atoms with E-state index >= 15 is 0 Å². The highest BCUT2D eigenvalue weighted by atomic mass is 16.2. The van der Waals surface area contributed by atoms with Crippen LogP contribution >= 0.6 is 0 Å². The molecule has 1 aliphatic heterocycles. The number of carbonyl (C=O) groups is 1. The summed E-state index contributed by atoms with van der Waals surface area (Å²) in [4.78, 5) is 13.5. The van der Waals surface area contributed by atoms with Crippen LogP contribution in [-0.2, 0) is 4.79 Å². The second kappa shape index (κ2) is 3.92. The molecule has 12 heavy (non-hydrogen) atoms. The topological polar surface area (TPSA) is 20.3 Å². The van der Waals surface area contributed by atoms with Crippen molar-refractivity contribution in [3.63, 3.8) is 0 Å². The Bertz CT molecular complexity index is 165. The molecule has 0 aromatic rings. The van der Waals surface area contributed by atoms with Gasteiger partial charge in [0.15, 0.2) is 0 Å². The summed E-state index contributed by atoms with van der Waals surface area (Å²) < 4.78 is 0. The van der Waals surface area contributed by atoms with Crippen molar-refractivity contribution in [2.75, 3.05) is 13.6 Å². The van der Waals surface area contributed by atoms with Gasteiger partial charge < -0.3 is 4.90 Å². The normalized spacial score (nSPS) is 25.2. The van der Waals surface area contributed by atoms with Crippen LogP contribution < -0.4 is 0 Å². The predicted octanol–water partition coefficient (Wildman–Crippen LogP) is 1.90. The Morgan fingerprint density at radius 2 is 2.25 bits per heavy atom. The van der Waals surface area contributed by atoms with Crippen molar-refractivity contribution in [1.82, 2.24) is 4.90 Å². The van der Waals surface area contributed by atoms with Gasteiger partial charge in [-0.05, 0) is 25.2 Å². The van der Waals surface area contributed by atoms with Crippen LogP contribution in [0.5, 0.6) is 0 Å². The summed E-state index contributed by atoms with van der Waals surface area (Å²) in [5.74, 6) is 1.31. The van der Waals surface area contributed by atoms with Gasteiger partial charge in [-0.25, -0.2) is 0 Å². The van der Waals surface area contributed by atoms with Gasteiger partial charge in [-0.1, -0.05) is 13.8 Å². The summed E-state index contributed by atoms with van der Waals surface area (Å²) in [5, 5.41) is 0. The molecule has 70 valence electrons. The van der Waals surface area contributed by atoms with Gasteiger partial charge in [-0.3, -0.25) is 4.79 Å². The van der Waals surface area contributed by atoms with E-state index in [0.29, 0.717) is 17.7 Å². The number of piperidine rings is 1. The van der Waals surface area contributed by atoms with Gasteiger partial charge in [0, 0.05) is 19.5 Å². The zero-order chi connectivity index (χ0) is 9.14. The Morgan fingerprint density at radius 1 is 1.58 bits per heavy atom. The molecule has 0 bridgehead atoms. The van der Waals surface area contributed by atoms with Crippen molar-refractivity contribution in [3.05, 3.63) is 0 Å². The van der Waals surface area contributed by atoms with Gasteiger partial charge in [0.25, 0.3) is 0 Å². The van der Waals surface area contributed by atoms with Crippen molar-refractivity contribution < 1.29 is 4.79 Å². The van der Waals surface area contributed by atoms with E-state index in [0.717, 1.165) is 19.4 Å². The third-order valence-electron chi connectivity index (χ3n) is 2.53. The lowest BCUT2D eigenvalue weighted by atomic mass is 9.89. The van der Waals surface area contributed by atoms with Crippen LogP contribution in [0.4, 0.5) is 0 Å². The van der Waals surface area contributed by atoms with Crippen LogP contribution in [0.1, 0.15) is 33.1 Å². The molecule has 1 unspecified atom stereocenters. The first-order valence-electron chi connectivity index (χ1n) is 4.86. The van der Waals surface area contributed by atoms with Crippen molar-refractivity contribution in [2.24, 2.45) is 11.8 Å². The fraction of sp³-hybridized carbons (Fsp3) is 0.900. The van der Waals surface area contributed by atoms with Crippen LogP contribution in [0.3, 0.4) is 0 Å². The van der Waals surface area contributed by atoms with Gasteiger partial charge in [0.05, 0.1) is 0 Å². The number of likely N-dealkylation sites (tertiary alicyclic amines) is 1. The standard InChI is InChI=1S/C10H19NO/c1-8(2)7-9-5-4-6-11(3)10(9)12/h8-9H,4-7H2,1-3H3. The SMILES string of the molecule is CC(C)CC1CCCN(C)C1=O. The second-order valence-electron chi connectivity index (χ2n) is 4.23. The third-order valence-corrected chi connectivity index (χ3v) is 2.53. The monoisotopic (exact) mass is 169 g/mol. The molecule has 2 nitrogen and oxygen atoms in total. The summed E-state index contributed by atoms with van der Waals surface area (Å²) in [6.07, 6.45) is 3.34. The largest absolute Gasteiger partial charge is 0.346 e. The summed E-state index contributed by atoms with van der Waals surface area (Å²) >= 11 is 0. The maximum atomic E-state index is 11.6. The lowest BCUT2D eigenvalue weighted by molar-refractivity contribution is -0.137. The molecule has 0 saturated carbocycles. The fourth-order valence-corrected chi connectivity index (χ4v) is 1.91. The van der Waals surface area contributed by atoms with Crippen LogP contribution in [0.15, 0.2) is 0 Å². The van der Waals surface area contributed by atoms with Crippen LogP contribution in [0.25, 0.3) is 0 Å². The van der Waals surface area contributed by atoms with Gasteiger partial charge in [0.1, 0.15) is 0 Å². The minimum Gasteiger partial charge on any atom is -0.346 e. The highest BCUT2D eigenvalue weighted by Gasteiger charge is 2.26. The molecule has 1 rings (SSSR count). The average molecular weight is 169 g/mol. The lowest BCUT2D eigenvalue weighted by Gasteiger charge is -2.30. The van der Waals surface area contributed by atoms with Crippen molar-refractivity contribution >= 4 is 5.91 Å². The molecule has 1 heterocycles. The van der Waals surface area contributed by atoms with E-state index in [1.54, 1.807) is 0 Å². The average Bonchev–Trinajstić information content (AvgIpc) is 1.98. The first-order chi connectivity index (χ1) is 5.61. The van der Waals surface area contributed by atoms with Crippen molar-refractivity contribution in [1.29, 1.82) is 0 Å². The van der Waals surface area contributed by atoms with E-state index in [-0.39, 0.29) is 0 Å². The molecule has 1 aliphatic rings. The van der Waals surface area contributed by atoms with E-state index in [1.807, 2.05) is 11.9 Å². The maximum absolute atomic E-state index is 11.6. The molecule has 0 spiro atoms. The summed E-state index contributed by atoms with van der Waals surface area (Å²) in [6.45, 7) is 5.32. The van der Waals surface area contributed by atoms with E-state index in [4.69, 9.17) is 0 Å². The third kappa shape index (κ3) is 2.23. The Kier molecular flexibility index (Phi) is 3.12. The molecule has 1 atom stereocenters. The van der Waals surface area contributed by atoms with Gasteiger partial charge >= 0.3 is 0 Å². The van der Waals surface area contributed by atoms with Gasteiger partial charge in [-0.15, -0.1) is 0 Å². The van der Waals surface area contributed by atoms with E-state index in [9.17, 15) is 4.79 Å². The van der Waals surface area contributed by atoms with Crippen molar-refractivity contribution in [3.8, 4) is 0 Å². The van der Waals surface area contributed by atoms with Crippen LogP contribution in [0.2, 0.25) is 0 Å². The minimum atomic E-state index is 0.309. The Balaban J connectivity index is 2.46. The minimum absolute atomic E-state index is 0.309. The van der Waals surface area contributed by atoms with E-state index in [1.165, 1.54) is 6.42 Å². The van der Waals surface area contributed by atoms with Crippen LogP contribution in [-0.4, -0.2) is 24.4 Å². The molecular weight excluding hydrogens is 150 g/mol.